The van der Waals surface area contributed by atoms with E-state index in [1.54, 1.807) is 0 Å². The van der Waals surface area contributed by atoms with Crippen LogP contribution in [0.3, 0.4) is 0 Å². The predicted octanol–water partition coefficient (Wildman–Crippen LogP) is 3.09. The molecule has 1 unspecified atom stereocenters. The van der Waals surface area contributed by atoms with E-state index in [4.69, 9.17) is 16.7 Å². The van der Waals surface area contributed by atoms with Crippen molar-refractivity contribution in [1.82, 2.24) is 0 Å². The molecule has 1 rings (SSSR count). The molecule has 0 aromatic rings. The van der Waals surface area contributed by atoms with Gasteiger partial charge in [-0.2, -0.15) is 13.2 Å². The summed E-state index contributed by atoms with van der Waals surface area (Å²) in [6, 6.07) is 0. The maximum atomic E-state index is 12.4. The van der Waals surface area contributed by atoms with Crippen molar-refractivity contribution in [3.8, 4) is 0 Å². The van der Waals surface area contributed by atoms with Crippen LogP contribution in [0.2, 0.25) is 0 Å². The Hall–Kier alpha value is -0.970. The van der Waals surface area contributed by atoms with Gasteiger partial charge in [0.05, 0.1) is 17.2 Å². The molecule has 0 heterocycles. The van der Waals surface area contributed by atoms with Crippen molar-refractivity contribution >= 4 is 17.9 Å². The molecule has 6 heteroatoms. The quantitative estimate of drug-likeness (QED) is 0.565. The number of rotatable bonds is 1. The molecule has 0 aromatic heterocycles. The van der Waals surface area contributed by atoms with Crippen LogP contribution >= 0.6 is 11.6 Å². The second kappa shape index (κ2) is 4.26. The fraction of sp³-hybridized carbons (Fsp3) is 0.444. The van der Waals surface area contributed by atoms with E-state index in [9.17, 15) is 18.0 Å². The van der Waals surface area contributed by atoms with Gasteiger partial charge in [0.15, 0.2) is 0 Å². The lowest BCUT2D eigenvalue weighted by molar-refractivity contribution is -0.174. The molecule has 0 aliphatic heterocycles. The summed E-state index contributed by atoms with van der Waals surface area (Å²) in [4.78, 5) is 10.5. The summed E-state index contributed by atoms with van der Waals surface area (Å²) in [6.45, 7) is 0. The molecule has 0 bridgehead atoms. The third-order valence-corrected chi connectivity index (χ3v) is 2.74. The highest BCUT2D eigenvalue weighted by Gasteiger charge is 2.43. The van der Waals surface area contributed by atoms with Crippen LogP contribution in [0.4, 0.5) is 13.2 Å². The molecule has 1 N–H and O–H groups in total. The summed E-state index contributed by atoms with van der Waals surface area (Å²) in [7, 11) is 0. The molecule has 1 atom stereocenters. The molecular formula is C9H8ClF3O2. The second-order valence-electron chi connectivity index (χ2n) is 3.26. The van der Waals surface area contributed by atoms with Gasteiger partial charge < -0.3 is 5.11 Å². The highest BCUT2D eigenvalue weighted by atomic mass is 35.5. The minimum atomic E-state index is -4.39. The number of allylic oxidation sites excluding steroid dienone is 3. The number of aliphatic hydroxyl groups is 1. The average molecular weight is 241 g/mol. The van der Waals surface area contributed by atoms with Gasteiger partial charge in [0.25, 0.3) is 0 Å². The Bertz CT molecular complexity index is 331. The molecule has 0 radical (unpaired) electrons. The van der Waals surface area contributed by atoms with Crippen LogP contribution in [0.25, 0.3) is 0 Å². The number of carbonyl (C=O) groups excluding carboxylic acids is 1. The largest absolute Gasteiger partial charge is 0.515 e. The van der Waals surface area contributed by atoms with E-state index in [2.05, 4.69) is 0 Å². The van der Waals surface area contributed by atoms with Crippen LogP contribution in [0.5, 0.6) is 0 Å². The van der Waals surface area contributed by atoms with Gasteiger partial charge >= 0.3 is 6.18 Å². The topological polar surface area (TPSA) is 37.3 Å². The number of alkyl halides is 3. The predicted molar refractivity (Wildman–Crippen MR) is 48.4 cm³/mol. The molecular weight excluding hydrogens is 233 g/mol. The Morgan fingerprint density at radius 2 is 2.00 bits per heavy atom. The minimum Gasteiger partial charge on any atom is -0.515 e. The number of aldehydes is 1. The van der Waals surface area contributed by atoms with Crippen LogP contribution in [0.15, 0.2) is 22.4 Å². The Balaban J connectivity index is 3.05. The average Bonchev–Trinajstić information content (AvgIpc) is 2.16. The number of hydrogen-bond donors (Lipinski definition) is 1. The van der Waals surface area contributed by atoms with E-state index in [1.807, 2.05) is 0 Å². The Morgan fingerprint density at radius 3 is 2.40 bits per heavy atom. The van der Waals surface area contributed by atoms with Crippen molar-refractivity contribution in [2.45, 2.75) is 19.0 Å². The van der Waals surface area contributed by atoms with Crippen LogP contribution < -0.4 is 0 Å². The van der Waals surface area contributed by atoms with Crippen LogP contribution in [-0.2, 0) is 4.79 Å². The van der Waals surface area contributed by atoms with Gasteiger partial charge in [0.1, 0.15) is 6.29 Å². The van der Waals surface area contributed by atoms with Crippen LogP contribution in [0, 0.1) is 5.92 Å². The van der Waals surface area contributed by atoms with Crippen LogP contribution in [-0.4, -0.2) is 17.6 Å². The molecule has 15 heavy (non-hydrogen) atoms. The Labute approximate surface area is 89.0 Å². The zero-order valence-corrected chi connectivity index (χ0v) is 8.27. The lowest BCUT2D eigenvalue weighted by Gasteiger charge is -2.26. The summed E-state index contributed by atoms with van der Waals surface area (Å²) in [5.41, 5.74) is -0.169. The summed E-state index contributed by atoms with van der Waals surface area (Å²) < 4.78 is 37.2. The van der Waals surface area contributed by atoms with Crippen molar-refractivity contribution in [3.63, 3.8) is 0 Å². The Kier molecular flexibility index (Phi) is 3.44. The highest BCUT2D eigenvalue weighted by molar-refractivity contribution is 6.33. The number of carbonyl (C=O) groups is 1. The molecule has 0 spiro atoms. The lowest BCUT2D eigenvalue weighted by Crippen LogP contribution is -2.27. The van der Waals surface area contributed by atoms with Gasteiger partial charge in [0.2, 0.25) is 0 Å². The van der Waals surface area contributed by atoms with Crippen molar-refractivity contribution in [3.05, 3.63) is 22.4 Å². The van der Waals surface area contributed by atoms with Crippen LogP contribution in [0.1, 0.15) is 12.8 Å². The van der Waals surface area contributed by atoms with E-state index in [-0.39, 0.29) is 16.2 Å². The second-order valence-corrected chi connectivity index (χ2v) is 3.64. The van der Waals surface area contributed by atoms with E-state index in [0.29, 0.717) is 12.5 Å². The third-order valence-electron chi connectivity index (χ3n) is 2.26. The maximum Gasteiger partial charge on any atom is 0.392 e. The van der Waals surface area contributed by atoms with Gasteiger partial charge in [-0.05, 0) is 12.8 Å². The van der Waals surface area contributed by atoms with Crippen molar-refractivity contribution in [2.24, 2.45) is 5.92 Å². The Morgan fingerprint density at radius 1 is 1.40 bits per heavy atom. The summed E-state index contributed by atoms with van der Waals surface area (Å²) in [6.07, 6.45) is -4.40. The molecule has 1 aliphatic rings. The van der Waals surface area contributed by atoms with Gasteiger partial charge in [0, 0.05) is 11.1 Å². The summed E-state index contributed by atoms with van der Waals surface area (Å²) >= 11 is 5.62. The monoisotopic (exact) mass is 240 g/mol. The van der Waals surface area contributed by atoms with E-state index < -0.39 is 24.9 Å². The van der Waals surface area contributed by atoms with E-state index in [1.165, 1.54) is 0 Å². The fourth-order valence-electron chi connectivity index (χ4n) is 1.43. The first-order chi connectivity index (χ1) is 6.90. The molecule has 1 aliphatic carbocycles. The molecule has 0 saturated carbocycles. The zero-order valence-electron chi connectivity index (χ0n) is 7.51. The normalized spacial score (nSPS) is 25.9. The number of aliphatic hydroxyl groups excluding tert-OH is 1. The van der Waals surface area contributed by atoms with E-state index in [0.717, 1.165) is 0 Å². The molecule has 2 nitrogen and oxygen atoms in total. The fourth-order valence-corrected chi connectivity index (χ4v) is 1.68. The molecule has 0 amide bonds. The molecule has 0 fully saturated rings. The SMILES string of the molecule is O=CC1=C(Cl)/C(=C/O)CC(C(F)(F)F)C1. The maximum absolute atomic E-state index is 12.4. The molecule has 0 saturated heterocycles. The number of hydrogen-bond acceptors (Lipinski definition) is 2. The van der Waals surface area contributed by atoms with Gasteiger partial charge in [-0.3, -0.25) is 4.79 Å². The molecule has 0 aromatic carbocycles. The lowest BCUT2D eigenvalue weighted by atomic mass is 9.86. The summed E-state index contributed by atoms with van der Waals surface area (Å²) in [5.74, 6) is -1.65. The van der Waals surface area contributed by atoms with Gasteiger partial charge in [-0.25, -0.2) is 0 Å². The first kappa shape index (κ1) is 12.1. The zero-order chi connectivity index (χ0) is 11.6. The first-order valence-corrected chi connectivity index (χ1v) is 4.52. The third kappa shape index (κ3) is 2.53. The van der Waals surface area contributed by atoms with Crippen molar-refractivity contribution in [2.75, 3.05) is 0 Å². The molecule has 84 valence electrons. The first-order valence-electron chi connectivity index (χ1n) is 4.14. The number of halogens is 4. The summed E-state index contributed by atoms with van der Waals surface area (Å²) in [5, 5.41) is 8.62. The van der Waals surface area contributed by atoms with Crippen molar-refractivity contribution in [1.29, 1.82) is 0 Å². The smallest absolute Gasteiger partial charge is 0.392 e. The minimum absolute atomic E-state index is 0.0488. The standard InChI is InChI=1S/C9H8ClF3O2/c10-8-5(3-14)1-7(9(11,12)13)2-6(8)4-15/h3-4,7,14H,1-2H2/b5-3+. The van der Waals surface area contributed by atoms with Gasteiger partial charge in [-0.1, -0.05) is 11.6 Å². The highest BCUT2D eigenvalue weighted by Crippen LogP contribution is 2.42. The van der Waals surface area contributed by atoms with E-state index >= 15 is 0 Å². The van der Waals surface area contributed by atoms with Gasteiger partial charge in [-0.15, -0.1) is 0 Å². The van der Waals surface area contributed by atoms with Crippen molar-refractivity contribution < 1.29 is 23.1 Å².